The van der Waals surface area contributed by atoms with Crippen molar-refractivity contribution in [3.8, 4) is 0 Å². The average molecular weight is 412 g/mol. The molecular weight excluding hydrogens is 382 g/mol. The van der Waals surface area contributed by atoms with E-state index in [1.54, 1.807) is 0 Å². The molecule has 0 aromatic carbocycles. The molecule has 4 rings (SSSR count). The maximum absolute atomic E-state index is 10.9. The number of anilines is 3. The highest BCUT2D eigenvalue weighted by Gasteiger charge is 2.25. The minimum absolute atomic E-state index is 0.118. The maximum Gasteiger partial charge on any atom is 0.322 e. The van der Waals surface area contributed by atoms with E-state index in [9.17, 15) is 4.79 Å². The molecule has 0 spiro atoms. The van der Waals surface area contributed by atoms with Crippen LogP contribution >= 0.6 is 0 Å². The van der Waals surface area contributed by atoms with Crippen molar-refractivity contribution in [3.05, 3.63) is 35.3 Å². The minimum atomic E-state index is -1.04. The standard InChI is InChI=1S/C21H29N7O2/c1-13-18(24-11-16(22)21(29)30)25-12-26-20(13)28-9-6-14(7-10-28)17-5-4-15-3-2-8-23-19(15)27-17/h4-5,12,14,16H,2-3,6-11,22H2,1H3,(H,23,27)(H,29,30)(H,24,25,26). The van der Waals surface area contributed by atoms with Crippen LogP contribution in [0.5, 0.6) is 0 Å². The Bertz CT molecular complexity index is 912. The predicted molar refractivity (Wildman–Crippen MR) is 116 cm³/mol. The molecule has 160 valence electrons. The van der Waals surface area contributed by atoms with E-state index >= 15 is 0 Å². The highest BCUT2D eigenvalue weighted by atomic mass is 16.4. The number of aromatic nitrogens is 3. The third-order valence-corrected chi connectivity index (χ3v) is 5.99. The van der Waals surface area contributed by atoms with Crippen molar-refractivity contribution in [2.45, 2.75) is 44.6 Å². The zero-order chi connectivity index (χ0) is 21.1. The molecule has 2 aliphatic heterocycles. The lowest BCUT2D eigenvalue weighted by molar-refractivity contribution is -0.138. The number of piperidine rings is 1. The van der Waals surface area contributed by atoms with E-state index in [4.69, 9.17) is 15.8 Å². The number of aliphatic carboxylic acids is 1. The highest BCUT2D eigenvalue weighted by Crippen LogP contribution is 2.32. The first kappa shape index (κ1) is 20.3. The topological polar surface area (TPSA) is 129 Å². The smallest absolute Gasteiger partial charge is 0.322 e. The van der Waals surface area contributed by atoms with Gasteiger partial charge in [0.1, 0.15) is 29.8 Å². The second-order valence-electron chi connectivity index (χ2n) is 8.03. The third-order valence-electron chi connectivity index (χ3n) is 5.99. The Labute approximate surface area is 176 Å². The number of carbonyl (C=O) groups is 1. The first-order valence-electron chi connectivity index (χ1n) is 10.6. The lowest BCUT2D eigenvalue weighted by Crippen LogP contribution is -2.37. The summed E-state index contributed by atoms with van der Waals surface area (Å²) in [5, 5.41) is 15.4. The quantitative estimate of drug-likeness (QED) is 0.561. The summed E-state index contributed by atoms with van der Waals surface area (Å²) < 4.78 is 0. The van der Waals surface area contributed by atoms with Crippen LogP contribution in [0.25, 0.3) is 0 Å². The summed E-state index contributed by atoms with van der Waals surface area (Å²) in [7, 11) is 0. The zero-order valence-corrected chi connectivity index (χ0v) is 17.3. The molecule has 1 saturated heterocycles. The van der Waals surface area contributed by atoms with Crippen LogP contribution in [0.3, 0.4) is 0 Å². The van der Waals surface area contributed by atoms with Gasteiger partial charge in [0, 0.05) is 43.4 Å². The zero-order valence-electron chi connectivity index (χ0n) is 17.3. The monoisotopic (exact) mass is 411 g/mol. The molecule has 2 aliphatic rings. The molecule has 1 atom stereocenters. The van der Waals surface area contributed by atoms with Crippen molar-refractivity contribution in [3.63, 3.8) is 0 Å². The van der Waals surface area contributed by atoms with Crippen molar-refractivity contribution in [1.82, 2.24) is 15.0 Å². The summed E-state index contributed by atoms with van der Waals surface area (Å²) in [5.74, 6) is 1.98. The number of aryl methyl sites for hydroxylation is 1. The van der Waals surface area contributed by atoms with E-state index < -0.39 is 12.0 Å². The molecular formula is C21H29N7O2. The van der Waals surface area contributed by atoms with Crippen molar-refractivity contribution >= 4 is 23.4 Å². The van der Waals surface area contributed by atoms with Crippen molar-refractivity contribution in [1.29, 1.82) is 0 Å². The first-order valence-corrected chi connectivity index (χ1v) is 10.6. The van der Waals surface area contributed by atoms with Crippen LogP contribution in [0.4, 0.5) is 17.5 Å². The van der Waals surface area contributed by atoms with E-state index in [1.165, 1.54) is 24.0 Å². The summed E-state index contributed by atoms with van der Waals surface area (Å²) in [5.41, 5.74) is 8.98. The van der Waals surface area contributed by atoms with Gasteiger partial charge in [-0.25, -0.2) is 15.0 Å². The summed E-state index contributed by atoms with van der Waals surface area (Å²) >= 11 is 0. The Hall–Kier alpha value is -2.94. The van der Waals surface area contributed by atoms with Crippen LogP contribution in [0.1, 0.15) is 42.0 Å². The van der Waals surface area contributed by atoms with E-state index in [1.807, 2.05) is 6.92 Å². The van der Waals surface area contributed by atoms with Gasteiger partial charge in [0.25, 0.3) is 0 Å². The van der Waals surface area contributed by atoms with Crippen LogP contribution < -0.4 is 21.3 Å². The first-order chi connectivity index (χ1) is 14.5. The second kappa shape index (κ2) is 8.83. The van der Waals surface area contributed by atoms with Crippen molar-refractivity contribution in [2.75, 3.05) is 41.7 Å². The molecule has 30 heavy (non-hydrogen) atoms. The Kier molecular flexibility index (Phi) is 5.98. The van der Waals surface area contributed by atoms with Gasteiger partial charge in [0.15, 0.2) is 0 Å². The normalized spacial score (nSPS) is 17.7. The SMILES string of the molecule is Cc1c(NCC(N)C(=O)O)ncnc1N1CCC(c2ccc3c(n2)NCCC3)CC1. The third kappa shape index (κ3) is 4.30. The van der Waals surface area contributed by atoms with Crippen LogP contribution in [0.2, 0.25) is 0 Å². The Morgan fingerprint density at radius 1 is 1.37 bits per heavy atom. The molecule has 9 heteroatoms. The molecule has 2 aromatic heterocycles. The van der Waals surface area contributed by atoms with Gasteiger partial charge in [-0.1, -0.05) is 6.07 Å². The lowest BCUT2D eigenvalue weighted by atomic mass is 9.92. The van der Waals surface area contributed by atoms with E-state index in [-0.39, 0.29) is 6.54 Å². The van der Waals surface area contributed by atoms with Gasteiger partial charge in [-0.05, 0) is 44.2 Å². The van der Waals surface area contributed by atoms with E-state index in [0.29, 0.717) is 11.7 Å². The van der Waals surface area contributed by atoms with E-state index in [0.717, 1.165) is 56.1 Å². The molecule has 4 heterocycles. The van der Waals surface area contributed by atoms with Crippen LogP contribution in [0, 0.1) is 6.92 Å². The van der Waals surface area contributed by atoms with Crippen LogP contribution in [-0.4, -0.2) is 58.2 Å². The number of hydrogen-bond acceptors (Lipinski definition) is 8. The Balaban J connectivity index is 1.40. The Morgan fingerprint density at radius 2 is 2.17 bits per heavy atom. The van der Waals surface area contributed by atoms with Crippen molar-refractivity contribution in [2.24, 2.45) is 5.73 Å². The van der Waals surface area contributed by atoms with Crippen LogP contribution in [-0.2, 0) is 11.2 Å². The maximum atomic E-state index is 10.9. The molecule has 5 N–H and O–H groups in total. The molecule has 9 nitrogen and oxygen atoms in total. The highest BCUT2D eigenvalue weighted by molar-refractivity contribution is 5.74. The molecule has 0 amide bonds. The van der Waals surface area contributed by atoms with Gasteiger partial charge < -0.3 is 26.4 Å². The number of nitrogens with zero attached hydrogens (tertiary/aromatic N) is 4. The molecule has 0 bridgehead atoms. The number of nitrogens with one attached hydrogen (secondary N) is 2. The van der Waals surface area contributed by atoms with Gasteiger partial charge in [0.05, 0.1) is 0 Å². The Morgan fingerprint density at radius 3 is 2.93 bits per heavy atom. The number of pyridine rings is 1. The van der Waals surface area contributed by atoms with Gasteiger partial charge in [-0.3, -0.25) is 4.79 Å². The molecule has 0 saturated carbocycles. The molecule has 0 radical (unpaired) electrons. The number of nitrogens with two attached hydrogens (primary N) is 1. The molecule has 1 fully saturated rings. The van der Waals surface area contributed by atoms with Gasteiger partial charge >= 0.3 is 5.97 Å². The fraction of sp³-hybridized carbons (Fsp3) is 0.524. The predicted octanol–water partition coefficient (Wildman–Crippen LogP) is 1.75. The van der Waals surface area contributed by atoms with Gasteiger partial charge in [0.2, 0.25) is 0 Å². The molecule has 1 unspecified atom stereocenters. The second-order valence-corrected chi connectivity index (χ2v) is 8.03. The number of fused-ring (bicyclic) bond motifs is 1. The van der Waals surface area contributed by atoms with Gasteiger partial charge in [-0.2, -0.15) is 0 Å². The van der Waals surface area contributed by atoms with Crippen LogP contribution in [0.15, 0.2) is 18.5 Å². The number of rotatable bonds is 6. The summed E-state index contributed by atoms with van der Waals surface area (Å²) in [6.45, 7) is 4.85. The van der Waals surface area contributed by atoms with Crippen molar-refractivity contribution < 1.29 is 9.90 Å². The fourth-order valence-corrected chi connectivity index (χ4v) is 4.19. The van der Waals surface area contributed by atoms with Gasteiger partial charge in [-0.15, -0.1) is 0 Å². The number of carboxylic acids is 1. The lowest BCUT2D eigenvalue weighted by Gasteiger charge is -2.34. The molecule has 0 aliphatic carbocycles. The number of hydrogen-bond donors (Lipinski definition) is 4. The van der Waals surface area contributed by atoms with E-state index in [2.05, 4.69) is 37.6 Å². The molecule has 2 aromatic rings. The average Bonchev–Trinajstić information content (AvgIpc) is 2.78. The summed E-state index contributed by atoms with van der Waals surface area (Å²) in [6.07, 6.45) is 5.82. The minimum Gasteiger partial charge on any atom is -0.480 e. The number of carboxylic acid groups (broad SMARTS) is 1. The fourth-order valence-electron chi connectivity index (χ4n) is 4.19. The summed E-state index contributed by atoms with van der Waals surface area (Å²) in [6, 6.07) is 3.44. The largest absolute Gasteiger partial charge is 0.480 e. The summed E-state index contributed by atoms with van der Waals surface area (Å²) in [4.78, 5) is 26.8.